The average molecular weight is 395 g/mol. The zero-order valence-corrected chi connectivity index (χ0v) is 16.8. The van der Waals surface area contributed by atoms with Crippen LogP contribution in [0, 0.1) is 6.92 Å². The molecule has 8 heteroatoms. The van der Waals surface area contributed by atoms with Gasteiger partial charge < -0.3 is 18.8 Å². The van der Waals surface area contributed by atoms with Gasteiger partial charge in [0.1, 0.15) is 5.82 Å². The largest absolute Gasteiger partial charge is 0.417 e. The molecule has 1 amide bonds. The molecule has 0 radical (unpaired) electrons. The molecule has 1 saturated heterocycles. The number of aromatic amines is 1. The molecule has 0 spiro atoms. The number of H-pyrrole nitrogens is 1. The minimum absolute atomic E-state index is 0.0461. The molecule has 8 nitrogen and oxygen atoms in total. The van der Waals surface area contributed by atoms with Crippen LogP contribution in [0.1, 0.15) is 46.3 Å². The molecule has 0 atom stereocenters. The fourth-order valence-electron chi connectivity index (χ4n) is 4.62. The third-order valence-corrected chi connectivity index (χ3v) is 6.29. The number of fused-ring (bicyclic) bond motifs is 2. The molecule has 4 heterocycles. The van der Waals surface area contributed by atoms with Gasteiger partial charge in [-0.1, -0.05) is 0 Å². The smallest absolute Gasteiger partial charge is 0.408 e. The summed E-state index contributed by atoms with van der Waals surface area (Å²) in [4.78, 5) is 36.3. The Morgan fingerprint density at radius 1 is 1.21 bits per heavy atom. The molecule has 0 bridgehead atoms. The van der Waals surface area contributed by atoms with E-state index in [1.807, 2.05) is 4.90 Å². The monoisotopic (exact) mass is 395 g/mol. The normalized spacial score (nSPS) is 18.3. The SMILES string of the molecule is Cc1nc(C2CCN(C)CC2)c2n1CCN(C(=O)c1ccc3[nH]c(=O)oc3c1)C2. The summed E-state index contributed by atoms with van der Waals surface area (Å²) in [6.45, 7) is 6.19. The molecule has 1 aromatic carbocycles. The zero-order valence-electron chi connectivity index (χ0n) is 16.8. The predicted octanol–water partition coefficient (Wildman–Crippen LogP) is 2.09. The number of benzene rings is 1. The Morgan fingerprint density at radius 2 is 2.00 bits per heavy atom. The van der Waals surface area contributed by atoms with Crippen LogP contribution in [0.2, 0.25) is 0 Å². The molecule has 29 heavy (non-hydrogen) atoms. The van der Waals surface area contributed by atoms with Gasteiger partial charge >= 0.3 is 5.76 Å². The minimum atomic E-state index is -0.510. The van der Waals surface area contributed by atoms with E-state index in [4.69, 9.17) is 9.40 Å². The second-order valence-corrected chi connectivity index (χ2v) is 8.17. The van der Waals surface area contributed by atoms with E-state index in [-0.39, 0.29) is 5.91 Å². The summed E-state index contributed by atoms with van der Waals surface area (Å²) in [7, 11) is 2.16. The molecule has 5 rings (SSSR count). The molecule has 1 N–H and O–H groups in total. The second-order valence-electron chi connectivity index (χ2n) is 8.17. The number of likely N-dealkylation sites (tertiary alicyclic amines) is 1. The van der Waals surface area contributed by atoms with E-state index >= 15 is 0 Å². The maximum absolute atomic E-state index is 13.2. The van der Waals surface area contributed by atoms with Crippen LogP contribution in [0.5, 0.6) is 0 Å². The fraction of sp³-hybridized carbons (Fsp3) is 0.476. The summed E-state index contributed by atoms with van der Waals surface area (Å²) in [5.74, 6) is 0.943. The molecule has 0 unspecified atom stereocenters. The van der Waals surface area contributed by atoms with E-state index in [2.05, 4.69) is 28.4 Å². The van der Waals surface area contributed by atoms with Crippen LogP contribution in [0.3, 0.4) is 0 Å². The van der Waals surface area contributed by atoms with Crippen LogP contribution in [0.25, 0.3) is 11.1 Å². The first-order chi connectivity index (χ1) is 14.0. The molecule has 2 aliphatic heterocycles. The van der Waals surface area contributed by atoms with Crippen molar-refractivity contribution in [1.82, 2.24) is 24.3 Å². The lowest BCUT2D eigenvalue weighted by Gasteiger charge is -2.32. The second kappa shape index (κ2) is 6.88. The van der Waals surface area contributed by atoms with E-state index < -0.39 is 5.76 Å². The van der Waals surface area contributed by atoms with Crippen LogP contribution in [-0.4, -0.2) is 56.9 Å². The average Bonchev–Trinajstić information content (AvgIpc) is 3.26. The first kappa shape index (κ1) is 18.2. The molecule has 0 saturated carbocycles. The van der Waals surface area contributed by atoms with Crippen molar-refractivity contribution in [2.45, 2.75) is 38.8 Å². The number of nitrogens with one attached hydrogen (secondary N) is 1. The number of piperidine rings is 1. The van der Waals surface area contributed by atoms with E-state index in [0.717, 1.165) is 38.3 Å². The standard InChI is InChI=1S/C21H25N5O3/c1-13-22-19(14-5-7-24(2)8-6-14)17-12-25(9-10-26(13)17)20(27)15-3-4-16-18(11-15)29-21(28)23-16/h3-4,11,14H,5-10,12H2,1-2H3,(H,23,28). The lowest BCUT2D eigenvalue weighted by atomic mass is 9.92. The Morgan fingerprint density at radius 3 is 2.79 bits per heavy atom. The van der Waals surface area contributed by atoms with Crippen molar-refractivity contribution in [3.63, 3.8) is 0 Å². The highest BCUT2D eigenvalue weighted by atomic mass is 16.4. The Balaban J connectivity index is 1.42. The van der Waals surface area contributed by atoms with Gasteiger partial charge in [-0.15, -0.1) is 0 Å². The summed E-state index contributed by atoms with van der Waals surface area (Å²) in [6.07, 6.45) is 2.22. The Labute approximate surface area is 168 Å². The van der Waals surface area contributed by atoms with Crippen LogP contribution in [0.15, 0.2) is 27.4 Å². The van der Waals surface area contributed by atoms with Gasteiger partial charge in [0.2, 0.25) is 0 Å². The van der Waals surface area contributed by atoms with Crippen LogP contribution >= 0.6 is 0 Å². The third-order valence-electron chi connectivity index (χ3n) is 6.29. The van der Waals surface area contributed by atoms with Crippen molar-refractivity contribution in [1.29, 1.82) is 0 Å². The maximum atomic E-state index is 13.2. The van der Waals surface area contributed by atoms with Crippen molar-refractivity contribution in [2.75, 3.05) is 26.7 Å². The number of aryl methyl sites for hydroxylation is 1. The minimum Gasteiger partial charge on any atom is -0.408 e. The van der Waals surface area contributed by atoms with Crippen molar-refractivity contribution < 1.29 is 9.21 Å². The quantitative estimate of drug-likeness (QED) is 0.718. The van der Waals surface area contributed by atoms with Gasteiger partial charge in [-0.3, -0.25) is 9.78 Å². The lowest BCUT2D eigenvalue weighted by Crippen LogP contribution is -2.39. The van der Waals surface area contributed by atoms with Crippen LogP contribution < -0.4 is 5.76 Å². The van der Waals surface area contributed by atoms with Crippen molar-refractivity contribution in [2.24, 2.45) is 0 Å². The van der Waals surface area contributed by atoms with Gasteiger partial charge in [-0.05, 0) is 58.1 Å². The number of oxazole rings is 1. The first-order valence-corrected chi connectivity index (χ1v) is 10.2. The van der Waals surface area contributed by atoms with Gasteiger partial charge in [0.25, 0.3) is 5.91 Å². The number of nitrogens with zero attached hydrogens (tertiary/aromatic N) is 4. The predicted molar refractivity (Wildman–Crippen MR) is 108 cm³/mol. The number of hydrogen-bond acceptors (Lipinski definition) is 5. The number of rotatable bonds is 2. The van der Waals surface area contributed by atoms with E-state index in [9.17, 15) is 9.59 Å². The topological polar surface area (TPSA) is 87.4 Å². The molecule has 152 valence electrons. The molecule has 3 aromatic rings. The highest BCUT2D eigenvalue weighted by molar-refractivity contribution is 5.97. The number of carbonyl (C=O) groups is 1. The first-order valence-electron chi connectivity index (χ1n) is 10.2. The number of amides is 1. The molecule has 1 fully saturated rings. The maximum Gasteiger partial charge on any atom is 0.417 e. The highest BCUT2D eigenvalue weighted by Crippen LogP contribution is 2.32. The van der Waals surface area contributed by atoms with Crippen molar-refractivity contribution in [3.05, 3.63) is 51.5 Å². The Kier molecular flexibility index (Phi) is 4.31. The molecule has 2 aliphatic rings. The van der Waals surface area contributed by atoms with E-state index in [0.29, 0.717) is 35.7 Å². The summed E-state index contributed by atoms with van der Waals surface area (Å²) in [5, 5.41) is 0. The van der Waals surface area contributed by atoms with E-state index in [1.165, 1.54) is 11.4 Å². The Hall–Kier alpha value is -2.87. The van der Waals surface area contributed by atoms with Gasteiger partial charge in [0.05, 0.1) is 23.4 Å². The van der Waals surface area contributed by atoms with E-state index in [1.54, 1.807) is 18.2 Å². The number of hydrogen-bond donors (Lipinski definition) is 1. The Bertz CT molecular complexity index is 1130. The van der Waals surface area contributed by atoms with Crippen molar-refractivity contribution >= 4 is 17.0 Å². The zero-order chi connectivity index (χ0) is 20.1. The van der Waals surface area contributed by atoms with Gasteiger partial charge in [-0.2, -0.15) is 0 Å². The van der Waals surface area contributed by atoms with Crippen LogP contribution in [-0.2, 0) is 13.1 Å². The highest BCUT2D eigenvalue weighted by Gasteiger charge is 2.30. The molecule has 2 aromatic heterocycles. The third kappa shape index (κ3) is 3.17. The summed E-state index contributed by atoms with van der Waals surface area (Å²) >= 11 is 0. The number of imidazole rings is 1. The summed E-state index contributed by atoms with van der Waals surface area (Å²) < 4.78 is 7.38. The fourth-order valence-corrected chi connectivity index (χ4v) is 4.62. The molecule has 0 aliphatic carbocycles. The summed E-state index contributed by atoms with van der Waals surface area (Å²) in [6, 6.07) is 5.10. The molecular formula is C21H25N5O3. The summed E-state index contributed by atoms with van der Waals surface area (Å²) in [5.41, 5.74) is 3.88. The van der Waals surface area contributed by atoms with Crippen LogP contribution in [0.4, 0.5) is 0 Å². The number of carbonyl (C=O) groups excluding carboxylic acids is 1. The van der Waals surface area contributed by atoms with Gasteiger partial charge in [0, 0.05) is 24.6 Å². The molecular weight excluding hydrogens is 370 g/mol. The number of aromatic nitrogens is 3. The van der Waals surface area contributed by atoms with Gasteiger partial charge in [0.15, 0.2) is 5.58 Å². The lowest BCUT2D eigenvalue weighted by molar-refractivity contribution is 0.0709. The van der Waals surface area contributed by atoms with Gasteiger partial charge in [-0.25, -0.2) is 9.78 Å². The van der Waals surface area contributed by atoms with Crippen molar-refractivity contribution in [3.8, 4) is 0 Å².